The summed E-state index contributed by atoms with van der Waals surface area (Å²) in [6.07, 6.45) is 4.09. The van der Waals surface area contributed by atoms with Crippen molar-refractivity contribution in [2.75, 3.05) is 7.05 Å². The third-order valence-electron chi connectivity index (χ3n) is 5.55. The van der Waals surface area contributed by atoms with Gasteiger partial charge in [0.2, 0.25) is 0 Å². The van der Waals surface area contributed by atoms with Gasteiger partial charge in [-0.2, -0.15) is 5.10 Å². The normalized spacial score (nSPS) is 13.6. The smallest absolute Gasteiger partial charge is 0.323 e. The van der Waals surface area contributed by atoms with Crippen molar-refractivity contribution in [1.82, 2.24) is 24.6 Å². The molecule has 1 aliphatic carbocycles. The van der Waals surface area contributed by atoms with E-state index in [1.807, 2.05) is 55.2 Å². The predicted octanol–water partition coefficient (Wildman–Crippen LogP) is 3.75. The number of primary amides is 1. The van der Waals surface area contributed by atoms with E-state index in [0.29, 0.717) is 29.7 Å². The lowest BCUT2D eigenvalue weighted by Gasteiger charge is -2.08. The lowest BCUT2D eigenvalue weighted by atomic mass is 10.2. The van der Waals surface area contributed by atoms with Crippen LogP contribution in [0.1, 0.15) is 30.1 Å². The number of ether oxygens (including phenoxy) is 1. The highest BCUT2D eigenvalue weighted by atomic mass is 16.5. The van der Waals surface area contributed by atoms with Crippen LogP contribution < -0.4 is 15.8 Å². The molecule has 3 aromatic heterocycles. The molecule has 4 aromatic rings. The van der Waals surface area contributed by atoms with E-state index in [2.05, 4.69) is 21.5 Å². The Kier molecular flexibility index (Phi) is 4.71. The number of nitrogens with two attached hydrogens (primary N) is 1. The fourth-order valence-corrected chi connectivity index (χ4v) is 3.98. The SMILES string of the molecule is CNCc1cc(Oc2ccc3c(c2)cc(-c2cc(C4CC4)n(C)n2)n3C(N)=O)ccn1. The molecule has 3 N–H and O–H groups in total. The molecule has 0 saturated heterocycles. The highest BCUT2D eigenvalue weighted by Crippen LogP contribution is 2.41. The van der Waals surface area contributed by atoms with Crippen molar-refractivity contribution in [3.05, 3.63) is 60.0 Å². The first-order valence-electron chi connectivity index (χ1n) is 10.3. The van der Waals surface area contributed by atoms with Gasteiger partial charge in [0.05, 0.1) is 16.9 Å². The minimum absolute atomic E-state index is 0.539. The zero-order chi connectivity index (χ0) is 21.5. The van der Waals surface area contributed by atoms with Crippen LogP contribution in [-0.2, 0) is 13.6 Å². The topological polar surface area (TPSA) is 100.0 Å². The second-order valence-corrected chi connectivity index (χ2v) is 7.89. The first-order valence-corrected chi connectivity index (χ1v) is 10.3. The quantitative estimate of drug-likeness (QED) is 0.499. The molecule has 1 saturated carbocycles. The van der Waals surface area contributed by atoms with E-state index in [4.69, 9.17) is 10.5 Å². The highest BCUT2D eigenvalue weighted by Gasteiger charge is 2.28. The number of nitrogens with zero attached hydrogens (tertiary/aromatic N) is 4. The lowest BCUT2D eigenvalue weighted by Crippen LogP contribution is -2.20. The number of hydrogen-bond acceptors (Lipinski definition) is 5. The van der Waals surface area contributed by atoms with Gasteiger partial charge in [-0.25, -0.2) is 4.79 Å². The Morgan fingerprint density at radius 2 is 2.00 bits per heavy atom. The van der Waals surface area contributed by atoms with Gasteiger partial charge in [-0.1, -0.05) is 0 Å². The minimum atomic E-state index is -0.539. The van der Waals surface area contributed by atoms with Crippen LogP contribution in [-0.4, -0.2) is 32.4 Å². The Bertz CT molecular complexity index is 1280. The van der Waals surface area contributed by atoms with Crippen molar-refractivity contribution >= 4 is 16.9 Å². The first kappa shape index (κ1) is 19.3. The van der Waals surface area contributed by atoms with Gasteiger partial charge in [0, 0.05) is 42.9 Å². The maximum absolute atomic E-state index is 12.3. The van der Waals surface area contributed by atoms with Gasteiger partial charge < -0.3 is 15.8 Å². The Morgan fingerprint density at radius 3 is 2.74 bits per heavy atom. The van der Waals surface area contributed by atoms with E-state index in [9.17, 15) is 4.79 Å². The second kappa shape index (κ2) is 7.55. The average molecular weight is 416 g/mol. The van der Waals surface area contributed by atoms with Crippen LogP contribution >= 0.6 is 0 Å². The van der Waals surface area contributed by atoms with Crippen molar-refractivity contribution in [3.63, 3.8) is 0 Å². The summed E-state index contributed by atoms with van der Waals surface area (Å²) >= 11 is 0. The van der Waals surface area contributed by atoms with Crippen LogP contribution in [0.4, 0.5) is 4.79 Å². The van der Waals surface area contributed by atoms with Crippen molar-refractivity contribution in [1.29, 1.82) is 0 Å². The number of aromatic nitrogens is 4. The van der Waals surface area contributed by atoms with Crippen LogP contribution in [0.2, 0.25) is 0 Å². The molecule has 0 bridgehead atoms. The van der Waals surface area contributed by atoms with Gasteiger partial charge in [0.1, 0.15) is 17.2 Å². The molecular weight excluding hydrogens is 392 g/mol. The van der Waals surface area contributed by atoms with Gasteiger partial charge in [-0.15, -0.1) is 0 Å². The molecule has 1 aliphatic rings. The number of pyridine rings is 1. The van der Waals surface area contributed by atoms with Crippen LogP contribution in [0.3, 0.4) is 0 Å². The van der Waals surface area contributed by atoms with Gasteiger partial charge in [0.15, 0.2) is 0 Å². The van der Waals surface area contributed by atoms with E-state index in [0.717, 1.165) is 22.3 Å². The summed E-state index contributed by atoms with van der Waals surface area (Å²) in [4.78, 5) is 16.6. The third-order valence-corrected chi connectivity index (χ3v) is 5.55. The number of carbonyl (C=O) groups excluding carboxylic acids is 1. The van der Waals surface area contributed by atoms with E-state index in [1.165, 1.54) is 23.1 Å². The molecule has 158 valence electrons. The average Bonchev–Trinajstić information content (AvgIpc) is 3.39. The summed E-state index contributed by atoms with van der Waals surface area (Å²) in [7, 11) is 3.82. The van der Waals surface area contributed by atoms with E-state index in [1.54, 1.807) is 6.20 Å². The molecule has 1 aromatic carbocycles. The lowest BCUT2D eigenvalue weighted by molar-refractivity contribution is 0.251. The van der Waals surface area contributed by atoms with Gasteiger partial charge in [-0.3, -0.25) is 14.2 Å². The second-order valence-electron chi connectivity index (χ2n) is 7.89. The number of hydrogen-bond donors (Lipinski definition) is 2. The molecule has 0 radical (unpaired) electrons. The van der Waals surface area contributed by atoms with E-state index in [-0.39, 0.29) is 0 Å². The van der Waals surface area contributed by atoms with Gasteiger partial charge in [0.25, 0.3) is 0 Å². The van der Waals surface area contributed by atoms with Crippen LogP contribution in [0.25, 0.3) is 22.3 Å². The Hall–Kier alpha value is -3.65. The van der Waals surface area contributed by atoms with E-state index >= 15 is 0 Å². The van der Waals surface area contributed by atoms with E-state index < -0.39 is 6.03 Å². The molecule has 8 nitrogen and oxygen atoms in total. The minimum Gasteiger partial charge on any atom is -0.457 e. The summed E-state index contributed by atoms with van der Waals surface area (Å²) in [6.45, 7) is 0.661. The summed E-state index contributed by atoms with van der Waals surface area (Å²) in [5, 5.41) is 8.58. The highest BCUT2D eigenvalue weighted by molar-refractivity contribution is 5.97. The molecule has 31 heavy (non-hydrogen) atoms. The Balaban J connectivity index is 1.53. The number of nitrogens with one attached hydrogen (secondary N) is 1. The summed E-state index contributed by atoms with van der Waals surface area (Å²) in [6, 6.07) is 12.7. The number of benzene rings is 1. The fourth-order valence-electron chi connectivity index (χ4n) is 3.98. The van der Waals surface area contributed by atoms with Gasteiger partial charge >= 0.3 is 6.03 Å². The maximum Gasteiger partial charge on any atom is 0.323 e. The standard InChI is InChI=1S/C23H24N6O2/c1-25-13-16-11-18(7-8-26-16)31-17-5-6-20-15(9-17)10-22(29(20)23(24)30)19-12-21(14-3-4-14)28(2)27-19/h5-12,14,25H,3-4,13H2,1-2H3,(H2,24,30). The third kappa shape index (κ3) is 3.66. The zero-order valence-corrected chi connectivity index (χ0v) is 17.5. The van der Waals surface area contributed by atoms with Crippen molar-refractivity contribution in [3.8, 4) is 22.9 Å². The number of amides is 1. The largest absolute Gasteiger partial charge is 0.457 e. The molecule has 0 atom stereocenters. The zero-order valence-electron chi connectivity index (χ0n) is 17.5. The number of carbonyl (C=O) groups is 1. The molecule has 3 heterocycles. The molecular formula is C23H24N6O2. The fraction of sp³-hybridized carbons (Fsp3) is 0.261. The summed E-state index contributed by atoms with van der Waals surface area (Å²) in [5.74, 6) is 1.93. The van der Waals surface area contributed by atoms with Crippen molar-refractivity contribution in [2.24, 2.45) is 12.8 Å². The Morgan fingerprint density at radius 1 is 1.19 bits per heavy atom. The molecule has 5 rings (SSSR count). The molecule has 8 heteroatoms. The molecule has 1 amide bonds. The monoisotopic (exact) mass is 416 g/mol. The number of aryl methyl sites for hydroxylation is 1. The van der Waals surface area contributed by atoms with Crippen LogP contribution in [0.15, 0.2) is 48.7 Å². The molecule has 1 fully saturated rings. The molecule has 0 unspecified atom stereocenters. The summed E-state index contributed by atoms with van der Waals surface area (Å²) < 4.78 is 9.45. The van der Waals surface area contributed by atoms with Crippen molar-refractivity contribution in [2.45, 2.75) is 25.3 Å². The summed E-state index contributed by atoms with van der Waals surface area (Å²) in [5.41, 5.74) is 9.96. The molecule has 0 spiro atoms. The van der Waals surface area contributed by atoms with Crippen molar-refractivity contribution < 1.29 is 9.53 Å². The van der Waals surface area contributed by atoms with Crippen LogP contribution in [0, 0.1) is 0 Å². The number of rotatable bonds is 6. The molecule has 0 aliphatic heterocycles. The predicted molar refractivity (Wildman–Crippen MR) is 118 cm³/mol. The Labute approximate surface area is 179 Å². The maximum atomic E-state index is 12.3. The van der Waals surface area contributed by atoms with Crippen LogP contribution in [0.5, 0.6) is 11.5 Å². The first-order chi connectivity index (χ1) is 15.0. The van der Waals surface area contributed by atoms with Gasteiger partial charge in [-0.05, 0) is 56.3 Å². The number of fused-ring (bicyclic) bond motifs is 1.